The Hall–Kier alpha value is -1.99. The van der Waals surface area contributed by atoms with Crippen molar-refractivity contribution in [2.75, 3.05) is 12.4 Å². The smallest absolute Gasteiger partial charge is 0.186 e. The van der Waals surface area contributed by atoms with Gasteiger partial charge in [-0.3, -0.25) is 0 Å². The minimum absolute atomic E-state index is 0.359. The van der Waals surface area contributed by atoms with Crippen molar-refractivity contribution in [2.45, 2.75) is 31.4 Å². The van der Waals surface area contributed by atoms with Crippen molar-refractivity contribution in [3.05, 3.63) is 29.0 Å². The number of hydrogen-bond donors (Lipinski definition) is 1. The molecule has 0 amide bonds. The molecule has 22 heavy (non-hydrogen) atoms. The summed E-state index contributed by atoms with van der Waals surface area (Å²) in [6, 6.07) is 6.35. The second-order valence-corrected chi connectivity index (χ2v) is 6.32. The molecule has 0 spiro atoms. The first-order valence-electron chi connectivity index (χ1n) is 7.38. The Kier molecular flexibility index (Phi) is 3.51. The van der Waals surface area contributed by atoms with Crippen LogP contribution < -0.4 is 5.32 Å². The summed E-state index contributed by atoms with van der Waals surface area (Å²) in [7, 11) is 1.78. The van der Waals surface area contributed by atoms with Gasteiger partial charge in [0.2, 0.25) is 0 Å². The lowest BCUT2D eigenvalue weighted by atomic mass is 10.2. The highest BCUT2D eigenvalue weighted by atomic mass is 32.1. The van der Waals surface area contributed by atoms with Crippen molar-refractivity contribution in [2.24, 2.45) is 0 Å². The fourth-order valence-electron chi connectivity index (χ4n) is 2.93. The third kappa shape index (κ3) is 2.46. The molecule has 7 heteroatoms. The summed E-state index contributed by atoms with van der Waals surface area (Å²) in [6.07, 6.45) is 3.59. The van der Waals surface area contributed by atoms with E-state index in [9.17, 15) is 0 Å². The van der Waals surface area contributed by atoms with Crippen LogP contribution in [0.1, 0.15) is 19.3 Å². The standard InChI is InChI=1S/C15H17N5OS/c1-21-12-3-2-11(8-12)16-13-4-5-14-17-18-15(20(14)19-13)10-6-7-22-9-10/h4-7,9,11-12H,2-3,8H2,1H3,(H,16,19). The zero-order chi connectivity index (χ0) is 14.9. The second kappa shape index (κ2) is 5.66. The molecule has 3 aromatic rings. The van der Waals surface area contributed by atoms with Crippen molar-refractivity contribution >= 4 is 22.8 Å². The molecule has 6 nitrogen and oxygen atoms in total. The van der Waals surface area contributed by atoms with Gasteiger partial charge in [0.15, 0.2) is 11.5 Å². The Labute approximate surface area is 132 Å². The van der Waals surface area contributed by atoms with Crippen LogP contribution >= 0.6 is 11.3 Å². The van der Waals surface area contributed by atoms with Crippen molar-refractivity contribution in [3.8, 4) is 11.4 Å². The van der Waals surface area contributed by atoms with Crippen LogP contribution in [-0.2, 0) is 4.74 Å². The van der Waals surface area contributed by atoms with Crippen LogP contribution in [0.4, 0.5) is 5.82 Å². The topological polar surface area (TPSA) is 64.3 Å². The molecular weight excluding hydrogens is 298 g/mol. The zero-order valence-electron chi connectivity index (χ0n) is 12.3. The van der Waals surface area contributed by atoms with E-state index in [-0.39, 0.29) is 0 Å². The maximum atomic E-state index is 5.42. The summed E-state index contributed by atoms with van der Waals surface area (Å²) in [4.78, 5) is 0. The van der Waals surface area contributed by atoms with E-state index < -0.39 is 0 Å². The first kappa shape index (κ1) is 13.7. The Balaban J connectivity index is 1.61. The molecule has 0 radical (unpaired) electrons. The van der Waals surface area contributed by atoms with E-state index in [0.29, 0.717) is 12.1 Å². The number of fused-ring (bicyclic) bond motifs is 1. The molecule has 2 unspecified atom stereocenters. The molecular formula is C15H17N5OS. The fourth-order valence-corrected chi connectivity index (χ4v) is 3.57. The number of thiophene rings is 1. The van der Waals surface area contributed by atoms with E-state index in [1.807, 2.05) is 23.6 Å². The van der Waals surface area contributed by atoms with Crippen LogP contribution in [0.25, 0.3) is 17.0 Å². The number of methoxy groups -OCH3 is 1. The van der Waals surface area contributed by atoms with Gasteiger partial charge in [-0.15, -0.1) is 15.3 Å². The summed E-state index contributed by atoms with van der Waals surface area (Å²) < 4.78 is 7.22. The average Bonchev–Trinajstić information content (AvgIpc) is 3.27. The SMILES string of the molecule is COC1CCC(Nc2ccc3nnc(-c4ccsc4)n3n2)C1. The lowest BCUT2D eigenvalue weighted by molar-refractivity contribution is 0.108. The Morgan fingerprint density at radius 1 is 1.27 bits per heavy atom. The Bertz CT molecular complexity index is 769. The molecule has 3 aromatic heterocycles. The maximum Gasteiger partial charge on any atom is 0.186 e. The summed E-state index contributed by atoms with van der Waals surface area (Å²) in [5, 5.41) is 20.7. The van der Waals surface area contributed by atoms with Crippen molar-refractivity contribution in [3.63, 3.8) is 0 Å². The summed E-state index contributed by atoms with van der Waals surface area (Å²) in [5.74, 6) is 1.63. The average molecular weight is 315 g/mol. The summed E-state index contributed by atoms with van der Waals surface area (Å²) in [5.41, 5.74) is 1.80. The van der Waals surface area contributed by atoms with Gasteiger partial charge in [0.25, 0.3) is 0 Å². The first-order chi connectivity index (χ1) is 10.8. The quantitative estimate of drug-likeness (QED) is 0.802. The van der Waals surface area contributed by atoms with Gasteiger partial charge in [-0.2, -0.15) is 15.9 Å². The second-order valence-electron chi connectivity index (χ2n) is 5.54. The van der Waals surface area contributed by atoms with E-state index in [4.69, 9.17) is 4.74 Å². The monoisotopic (exact) mass is 315 g/mol. The molecule has 4 rings (SSSR count). The molecule has 0 aromatic carbocycles. The van der Waals surface area contributed by atoms with Crippen LogP contribution in [0, 0.1) is 0 Å². The highest BCUT2D eigenvalue weighted by Crippen LogP contribution is 2.25. The van der Waals surface area contributed by atoms with Crippen LogP contribution in [0.3, 0.4) is 0 Å². The van der Waals surface area contributed by atoms with E-state index >= 15 is 0 Å². The van der Waals surface area contributed by atoms with Gasteiger partial charge in [0.05, 0.1) is 6.10 Å². The van der Waals surface area contributed by atoms with Crippen LogP contribution in [0.15, 0.2) is 29.0 Å². The van der Waals surface area contributed by atoms with Gasteiger partial charge in [-0.05, 0) is 42.8 Å². The summed E-state index contributed by atoms with van der Waals surface area (Å²) >= 11 is 1.64. The van der Waals surface area contributed by atoms with E-state index in [1.54, 1.807) is 23.0 Å². The minimum atomic E-state index is 0.359. The van der Waals surface area contributed by atoms with Gasteiger partial charge in [0.1, 0.15) is 5.82 Å². The third-order valence-corrected chi connectivity index (χ3v) is 4.80. The summed E-state index contributed by atoms with van der Waals surface area (Å²) in [6.45, 7) is 0. The predicted octanol–water partition coefficient (Wildman–Crippen LogP) is 2.83. The highest BCUT2D eigenvalue weighted by Gasteiger charge is 2.24. The van der Waals surface area contributed by atoms with Crippen molar-refractivity contribution in [1.29, 1.82) is 0 Å². The van der Waals surface area contributed by atoms with Crippen LogP contribution in [0.2, 0.25) is 0 Å². The molecule has 1 N–H and O–H groups in total. The molecule has 1 fully saturated rings. The molecule has 1 saturated carbocycles. The van der Waals surface area contributed by atoms with Crippen LogP contribution in [0.5, 0.6) is 0 Å². The molecule has 1 aliphatic rings. The number of hydrogen-bond acceptors (Lipinski definition) is 6. The Morgan fingerprint density at radius 3 is 3.00 bits per heavy atom. The normalized spacial score (nSPS) is 21.5. The van der Waals surface area contributed by atoms with Gasteiger partial charge in [0, 0.05) is 24.1 Å². The lowest BCUT2D eigenvalue weighted by Gasteiger charge is -2.13. The minimum Gasteiger partial charge on any atom is -0.381 e. The van der Waals surface area contributed by atoms with Gasteiger partial charge < -0.3 is 10.1 Å². The molecule has 3 heterocycles. The number of aromatic nitrogens is 4. The number of nitrogens with zero attached hydrogens (tertiary/aromatic N) is 4. The number of anilines is 1. The van der Waals surface area contributed by atoms with Crippen LogP contribution in [-0.4, -0.2) is 39.1 Å². The molecule has 2 atom stereocenters. The maximum absolute atomic E-state index is 5.42. The molecule has 1 aliphatic carbocycles. The molecule has 0 saturated heterocycles. The zero-order valence-corrected chi connectivity index (χ0v) is 13.1. The molecule has 0 aliphatic heterocycles. The lowest BCUT2D eigenvalue weighted by Crippen LogP contribution is -2.18. The number of nitrogens with one attached hydrogen (secondary N) is 1. The third-order valence-electron chi connectivity index (χ3n) is 4.11. The van der Waals surface area contributed by atoms with Crippen molar-refractivity contribution in [1.82, 2.24) is 19.8 Å². The van der Waals surface area contributed by atoms with Gasteiger partial charge in [-0.1, -0.05) is 0 Å². The van der Waals surface area contributed by atoms with Crippen molar-refractivity contribution < 1.29 is 4.74 Å². The highest BCUT2D eigenvalue weighted by molar-refractivity contribution is 7.08. The molecule has 0 bridgehead atoms. The van der Waals surface area contributed by atoms with E-state index in [2.05, 4.69) is 26.0 Å². The van der Waals surface area contributed by atoms with E-state index in [1.165, 1.54) is 0 Å². The number of rotatable bonds is 4. The van der Waals surface area contributed by atoms with Gasteiger partial charge in [-0.25, -0.2) is 0 Å². The van der Waals surface area contributed by atoms with E-state index in [0.717, 1.165) is 42.1 Å². The van der Waals surface area contributed by atoms with Gasteiger partial charge >= 0.3 is 0 Å². The molecule has 114 valence electrons. The Morgan fingerprint density at radius 2 is 2.23 bits per heavy atom. The fraction of sp³-hybridized carbons (Fsp3) is 0.400. The first-order valence-corrected chi connectivity index (χ1v) is 8.32. The largest absolute Gasteiger partial charge is 0.381 e. The number of ether oxygens (including phenoxy) is 1. The predicted molar refractivity (Wildman–Crippen MR) is 86.2 cm³/mol.